The van der Waals surface area contributed by atoms with Gasteiger partial charge < -0.3 is 14.2 Å². The van der Waals surface area contributed by atoms with E-state index in [1.807, 2.05) is 6.07 Å². The quantitative estimate of drug-likeness (QED) is 0.222. The van der Waals surface area contributed by atoms with Crippen molar-refractivity contribution in [1.82, 2.24) is 0 Å². The maximum Gasteiger partial charge on any atom is 0.416 e. The summed E-state index contributed by atoms with van der Waals surface area (Å²) in [6, 6.07) is 6.57. The zero-order valence-electron chi connectivity index (χ0n) is 22.6. The van der Waals surface area contributed by atoms with Crippen LogP contribution in [0.3, 0.4) is 0 Å². The average molecular weight is 529 g/mol. The van der Waals surface area contributed by atoms with E-state index in [0.29, 0.717) is 29.0 Å². The van der Waals surface area contributed by atoms with Gasteiger partial charge in [-0.05, 0) is 70.2 Å². The number of allylic oxidation sites excluding steroid dienone is 2. The number of fused-ring (bicyclic) bond motifs is 5. The number of alkyl halides is 3. The third-order valence-electron chi connectivity index (χ3n) is 8.28. The summed E-state index contributed by atoms with van der Waals surface area (Å²) in [5.41, 5.74) is 2.48. The van der Waals surface area contributed by atoms with Crippen LogP contribution < -0.4 is 9.47 Å². The molecule has 2 heterocycles. The molecule has 2 aliphatic heterocycles. The summed E-state index contributed by atoms with van der Waals surface area (Å²) in [6.07, 6.45) is 3.35. The largest absolute Gasteiger partial charge is 0.487 e. The lowest BCUT2D eigenvalue weighted by Crippen LogP contribution is -2.46. The van der Waals surface area contributed by atoms with E-state index in [-0.39, 0.29) is 11.8 Å². The molecule has 0 aromatic heterocycles. The van der Waals surface area contributed by atoms with E-state index >= 15 is 0 Å². The molecular weight excluding hydrogens is 493 g/mol. The van der Waals surface area contributed by atoms with Gasteiger partial charge in [0.1, 0.15) is 22.7 Å². The first-order valence-corrected chi connectivity index (χ1v) is 13.5. The summed E-state index contributed by atoms with van der Waals surface area (Å²) in [4.78, 5) is 13.7. The van der Waals surface area contributed by atoms with Gasteiger partial charge in [0.15, 0.2) is 0 Å². The number of benzene rings is 2. The number of halogens is 3. The first-order valence-electron chi connectivity index (χ1n) is 13.5. The summed E-state index contributed by atoms with van der Waals surface area (Å²) in [7, 11) is 0. The lowest BCUT2D eigenvalue weighted by molar-refractivity contribution is -0.150. The Morgan fingerprint density at radius 2 is 1.74 bits per heavy atom. The normalized spacial score (nSPS) is 25.7. The van der Waals surface area contributed by atoms with Gasteiger partial charge in [-0.3, -0.25) is 0 Å². The Kier molecular flexibility index (Phi) is 6.56. The molecule has 3 aliphatic rings. The van der Waals surface area contributed by atoms with Crippen molar-refractivity contribution in [2.75, 3.05) is 0 Å². The number of hydrogen-bond acceptors (Lipinski definition) is 4. The van der Waals surface area contributed by atoms with Crippen LogP contribution >= 0.6 is 0 Å². The molecule has 0 N–H and O–H groups in total. The molecule has 2 aromatic rings. The zero-order valence-corrected chi connectivity index (χ0v) is 22.6. The molecule has 1 aliphatic carbocycles. The summed E-state index contributed by atoms with van der Waals surface area (Å²) in [6.45, 7) is 10.0. The second kappa shape index (κ2) is 9.35. The fourth-order valence-corrected chi connectivity index (χ4v) is 6.21. The van der Waals surface area contributed by atoms with Crippen LogP contribution in [0.4, 0.5) is 13.2 Å². The fraction of sp³-hybridized carbons (Fsp3) is 0.516. The van der Waals surface area contributed by atoms with Crippen LogP contribution in [0.2, 0.25) is 0 Å². The van der Waals surface area contributed by atoms with Crippen molar-refractivity contribution < 1.29 is 32.2 Å². The molecule has 0 saturated carbocycles. The lowest BCUT2D eigenvalue weighted by atomic mass is 9.67. The molecule has 204 valence electrons. The first kappa shape index (κ1) is 26.6. The molecule has 0 amide bonds. The molecule has 4 nitrogen and oxygen atoms in total. The molecule has 38 heavy (non-hydrogen) atoms. The topological polar surface area (TPSA) is 44.8 Å². The standard InChI is InChI=1S/C31H35F3O4/c1-6-7-8-9-19-17-24-26(22-16-18(2)10-15-23(22)29(3,4)36-24)27-25(19)28(35)38-30(5,37-27)20-11-13-21(14-12-20)31(32,33)34/h11-14,16-17,22-23H,6-10,15H2,1-5H3. The van der Waals surface area contributed by atoms with Gasteiger partial charge in [0.25, 0.3) is 5.79 Å². The number of carbonyl (C=O) groups excluding carboxylic acids is 1. The average Bonchev–Trinajstić information content (AvgIpc) is 2.82. The minimum atomic E-state index is -4.47. The van der Waals surface area contributed by atoms with E-state index in [4.69, 9.17) is 14.2 Å². The van der Waals surface area contributed by atoms with Crippen LogP contribution in [0.1, 0.15) is 105 Å². The van der Waals surface area contributed by atoms with Gasteiger partial charge in [0.05, 0.1) is 5.56 Å². The summed E-state index contributed by atoms with van der Waals surface area (Å²) in [5.74, 6) is -0.793. The van der Waals surface area contributed by atoms with E-state index in [9.17, 15) is 18.0 Å². The van der Waals surface area contributed by atoms with Crippen molar-refractivity contribution in [3.05, 3.63) is 69.8 Å². The highest BCUT2D eigenvalue weighted by Gasteiger charge is 2.50. The minimum Gasteiger partial charge on any atom is -0.487 e. The Balaban J connectivity index is 1.67. The highest BCUT2D eigenvalue weighted by molar-refractivity contribution is 5.97. The van der Waals surface area contributed by atoms with Crippen molar-refractivity contribution in [3.8, 4) is 11.5 Å². The second-order valence-electron chi connectivity index (χ2n) is 11.5. The van der Waals surface area contributed by atoms with Crippen LogP contribution in [0.5, 0.6) is 11.5 Å². The molecular formula is C31H35F3O4. The number of carbonyl (C=O) groups is 1. The van der Waals surface area contributed by atoms with Crippen molar-refractivity contribution in [2.45, 2.75) is 96.6 Å². The second-order valence-corrected chi connectivity index (χ2v) is 11.5. The minimum absolute atomic E-state index is 0.0105. The molecule has 0 fully saturated rings. The van der Waals surface area contributed by atoms with Crippen molar-refractivity contribution in [1.29, 1.82) is 0 Å². The molecule has 0 spiro atoms. The van der Waals surface area contributed by atoms with Crippen LogP contribution in [0.25, 0.3) is 0 Å². The van der Waals surface area contributed by atoms with Crippen molar-refractivity contribution >= 4 is 5.97 Å². The summed E-state index contributed by atoms with van der Waals surface area (Å²) < 4.78 is 58.6. The van der Waals surface area contributed by atoms with E-state index in [1.54, 1.807) is 6.92 Å². The van der Waals surface area contributed by atoms with Crippen molar-refractivity contribution in [3.63, 3.8) is 0 Å². The van der Waals surface area contributed by atoms with Gasteiger partial charge in [-0.25, -0.2) is 4.79 Å². The molecule has 7 heteroatoms. The Bertz CT molecular complexity index is 1280. The number of esters is 1. The van der Waals surface area contributed by atoms with Crippen LogP contribution in [0.15, 0.2) is 42.0 Å². The summed E-state index contributed by atoms with van der Waals surface area (Å²) >= 11 is 0. The van der Waals surface area contributed by atoms with E-state index < -0.39 is 29.1 Å². The maximum absolute atomic E-state index is 13.7. The van der Waals surface area contributed by atoms with E-state index in [2.05, 4.69) is 33.8 Å². The van der Waals surface area contributed by atoms with E-state index in [1.165, 1.54) is 17.7 Å². The first-order chi connectivity index (χ1) is 17.8. The number of aryl methyl sites for hydroxylation is 1. The van der Waals surface area contributed by atoms with Gasteiger partial charge in [0, 0.05) is 29.9 Å². The van der Waals surface area contributed by atoms with E-state index in [0.717, 1.165) is 55.4 Å². The lowest BCUT2D eigenvalue weighted by Gasteiger charge is -2.48. The van der Waals surface area contributed by atoms with Crippen molar-refractivity contribution in [2.24, 2.45) is 5.92 Å². The molecule has 2 aromatic carbocycles. The number of rotatable bonds is 5. The Morgan fingerprint density at radius 1 is 1.03 bits per heavy atom. The SMILES string of the molecule is CCCCCc1cc2c(c3c1C(=O)OC(C)(c1ccc(C(F)(F)F)cc1)O3)C1C=C(C)CCC1C(C)(C)O2. The number of cyclic esters (lactones) is 1. The number of unbranched alkanes of at least 4 members (excludes halogenated alkanes) is 2. The molecule has 5 rings (SSSR count). The molecule has 0 saturated heterocycles. The Hall–Kier alpha value is -2.96. The van der Waals surface area contributed by atoms with Gasteiger partial charge in [-0.1, -0.05) is 43.5 Å². The molecule has 0 radical (unpaired) electrons. The zero-order chi connectivity index (χ0) is 27.5. The van der Waals surface area contributed by atoms with Gasteiger partial charge >= 0.3 is 12.1 Å². The Labute approximate surface area is 222 Å². The predicted molar refractivity (Wildman–Crippen MR) is 138 cm³/mol. The highest BCUT2D eigenvalue weighted by atomic mass is 19.4. The van der Waals surface area contributed by atoms with Crippen LogP contribution in [0, 0.1) is 5.92 Å². The van der Waals surface area contributed by atoms with Crippen LogP contribution in [-0.4, -0.2) is 11.6 Å². The third-order valence-corrected chi connectivity index (χ3v) is 8.28. The monoisotopic (exact) mass is 528 g/mol. The summed E-state index contributed by atoms with van der Waals surface area (Å²) in [5, 5.41) is 0. The van der Waals surface area contributed by atoms with Gasteiger partial charge in [-0.15, -0.1) is 0 Å². The molecule has 0 bridgehead atoms. The fourth-order valence-electron chi connectivity index (χ4n) is 6.21. The highest BCUT2D eigenvalue weighted by Crippen LogP contribution is 2.57. The molecule has 3 atom stereocenters. The van der Waals surface area contributed by atoms with Crippen LogP contribution in [-0.2, 0) is 23.1 Å². The van der Waals surface area contributed by atoms with Gasteiger partial charge in [0.2, 0.25) is 0 Å². The van der Waals surface area contributed by atoms with Gasteiger partial charge in [-0.2, -0.15) is 13.2 Å². The number of ether oxygens (including phenoxy) is 3. The smallest absolute Gasteiger partial charge is 0.416 e. The Morgan fingerprint density at radius 3 is 2.39 bits per heavy atom. The maximum atomic E-state index is 13.7. The predicted octanol–water partition coefficient (Wildman–Crippen LogP) is 8.47. The number of hydrogen-bond donors (Lipinski definition) is 0. The third kappa shape index (κ3) is 4.58. The molecule has 3 unspecified atom stereocenters.